The van der Waals surface area contributed by atoms with E-state index in [0.29, 0.717) is 27.7 Å². The Labute approximate surface area is 140 Å². The van der Waals surface area contributed by atoms with Crippen LogP contribution < -0.4 is 0 Å². The number of hydrogen-bond acceptors (Lipinski definition) is 4. The van der Waals surface area contributed by atoms with Gasteiger partial charge in [0, 0.05) is 22.9 Å². The van der Waals surface area contributed by atoms with E-state index in [-0.39, 0.29) is 16.9 Å². The van der Waals surface area contributed by atoms with Gasteiger partial charge in [0.15, 0.2) is 0 Å². The Balaban J connectivity index is 2.34. The minimum Gasteiger partial charge on any atom is -0.223 e. The van der Waals surface area contributed by atoms with Gasteiger partial charge in [-0.05, 0) is 29.5 Å². The highest BCUT2D eigenvalue weighted by Gasteiger charge is 2.18. The predicted octanol–water partition coefficient (Wildman–Crippen LogP) is 3.96. The molecule has 0 radical (unpaired) electrons. The van der Waals surface area contributed by atoms with Crippen LogP contribution >= 0.6 is 0 Å². The van der Waals surface area contributed by atoms with E-state index < -0.39 is 9.84 Å². The zero-order valence-corrected chi connectivity index (χ0v) is 14.4. The average Bonchev–Trinajstić information content (AvgIpc) is 2.54. The van der Waals surface area contributed by atoms with Crippen molar-refractivity contribution in [3.05, 3.63) is 54.0 Å². The fourth-order valence-electron chi connectivity index (χ4n) is 2.53. The van der Waals surface area contributed by atoms with Gasteiger partial charge in [-0.3, -0.25) is 0 Å². The summed E-state index contributed by atoms with van der Waals surface area (Å²) in [4.78, 5) is 8.37. The second-order valence-corrected chi connectivity index (χ2v) is 7.94. The van der Waals surface area contributed by atoms with Gasteiger partial charge in [-0.1, -0.05) is 38.1 Å². The summed E-state index contributed by atoms with van der Waals surface area (Å²) in [6.45, 7) is 3.86. The van der Waals surface area contributed by atoms with E-state index in [1.807, 2.05) is 19.9 Å². The average molecular weight is 344 g/mol. The van der Waals surface area contributed by atoms with Gasteiger partial charge in [0.25, 0.3) is 0 Å². The van der Waals surface area contributed by atoms with Crippen LogP contribution in [0.4, 0.5) is 4.39 Å². The van der Waals surface area contributed by atoms with Crippen LogP contribution in [0, 0.1) is 5.82 Å². The first-order chi connectivity index (χ1) is 11.3. The molecule has 0 spiro atoms. The quantitative estimate of drug-likeness (QED) is 0.675. The first-order valence-corrected chi connectivity index (χ1v) is 9.43. The van der Waals surface area contributed by atoms with Crippen LogP contribution in [0.2, 0.25) is 0 Å². The lowest BCUT2D eigenvalue weighted by atomic mass is 10.00. The molecule has 0 fully saturated rings. The Kier molecular flexibility index (Phi) is 4.09. The molecule has 0 aliphatic carbocycles. The Morgan fingerprint density at radius 3 is 2.29 bits per heavy atom. The van der Waals surface area contributed by atoms with E-state index in [4.69, 9.17) is 0 Å². The maximum atomic E-state index is 14.0. The summed E-state index contributed by atoms with van der Waals surface area (Å²) >= 11 is 0. The van der Waals surface area contributed by atoms with Crippen LogP contribution in [-0.2, 0) is 9.84 Å². The minimum absolute atomic E-state index is 0.0407. The largest absolute Gasteiger partial charge is 0.247 e. The third-order valence-electron chi connectivity index (χ3n) is 3.80. The third-order valence-corrected chi connectivity index (χ3v) is 4.64. The van der Waals surface area contributed by atoms with E-state index in [2.05, 4.69) is 9.97 Å². The predicted molar refractivity (Wildman–Crippen MR) is 92.1 cm³/mol. The van der Waals surface area contributed by atoms with Gasteiger partial charge in [0.2, 0.25) is 15.0 Å². The maximum absolute atomic E-state index is 14.0. The molecular formula is C18H17FN2O2S. The van der Waals surface area contributed by atoms with Crippen molar-refractivity contribution in [3.63, 3.8) is 0 Å². The van der Waals surface area contributed by atoms with Crippen LogP contribution in [0.25, 0.3) is 22.0 Å². The summed E-state index contributed by atoms with van der Waals surface area (Å²) < 4.78 is 37.9. The number of benzene rings is 2. The summed E-state index contributed by atoms with van der Waals surface area (Å²) in [6, 6.07) is 11.8. The van der Waals surface area contributed by atoms with Crippen LogP contribution in [-0.4, -0.2) is 24.6 Å². The molecule has 6 heteroatoms. The summed E-state index contributed by atoms with van der Waals surface area (Å²) in [7, 11) is -3.55. The molecule has 4 nitrogen and oxygen atoms in total. The van der Waals surface area contributed by atoms with Crippen LogP contribution in [0.15, 0.2) is 47.6 Å². The first-order valence-electron chi connectivity index (χ1n) is 7.54. The summed E-state index contributed by atoms with van der Waals surface area (Å²) in [5, 5.41) is 0.947. The normalized spacial score (nSPS) is 12.0. The molecule has 2 aromatic carbocycles. The van der Waals surface area contributed by atoms with E-state index in [9.17, 15) is 12.8 Å². The molecule has 0 aliphatic heterocycles. The van der Waals surface area contributed by atoms with Crippen molar-refractivity contribution in [3.8, 4) is 11.3 Å². The highest BCUT2D eigenvalue weighted by Crippen LogP contribution is 2.30. The lowest BCUT2D eigenvalue weighted by molar-refractivity contribution is 0.591. The molecule has 0 atom stereocenters. The minimum atomic E-state index is -3.55. The van der Waals surface area contributed by atoms with Crippen LogP contribution in [0.3, 0.4) is 0 Å². The number of rotatable bonds is 3. The molecule has 0 amide bonds. The van der Waals surface area contributed by atoms with E-state index in [1.165, 1.54) is 6.07 Å². The van der Waals surface area contributed by atoms with Gasteiger partial charge in [-0.15, -0.1) is 0 Å². The van der Waals surface area contributed by atoms with Crippen LogP contribution in [0.1, 0.15) is 25.5 Å². The number of sulfone groups is 1. The zero-order valence-electron chi connectivity index (χ0n) is 13.6. The standard InChI is InChI=1S/C18H17FN2O2S/c1-11(2)16-10-17(21-18(20-16)24(3,22)23)14-8-9-15(19)13-7-5-4-6-12(13)14/h4-11H,1-3H3. The topological polar surface area (TPSA) is 59.9 Å². The van der Waals surface area contributed by atoms with Gasteiger partial charge in [-0.2, -0.15) is 0 Å². The lowest BCUT2D eigenvalue weighted by Gasteiger charge is -2.12. The van der Waals surface area contributed by atoms with E-state index in [1.54, 1.807) is 30.3 Å². The Morgan fingerprint density at radius 2 is 1.67 bits per heavy atom. The molecule has 124 valence electrons. The molecule has 0 bridgehead atoms. The number of nitrogens with zero attached hydrogens (tertiary/aromatic N) is 2. The second-order valence-electron chi connectivity index (χ2n) is 6.03. The van der Waals surface area contributed by atoms with Gasteiger partial charge >= 0.3 is 0 Å². The van der Waals surface area contributed by atoms with Crippen molar-refractivity contribution in [2.75, 3.05) is 6.26 Å². The van der Waals surface area contributed by atoms with E-state index >= 15 is 0 Å². The fraction of sp³-hybridized carbons (Fsp3) is 0.222. The zero-order chi connectivity index (χ0) is 17.5. The Hall–Kier alpha value is -2.34. The number of hydrogen-bond donors (Lipinski definition) is 0. The van der Waals surface area contributed by atoms with Gasteiger partial charge < -0.3 is 0 Å². The summed E-state index contributed by atoms with van der Waals surface area (Å²) in [5.74, 6) is -0.283. The van der Waals surface area contributed by atoms with E-state index in [0.717, 1.165) is 6.26 Å². The molecule has 0 saturated carbocycles. The summed E-state index contributed by atoms with van der Waals surface area (Å²) in [5.41, 5.74) is 1.79. The number of aromatic nitrogens is 2. The molecule has 0 N–H and O–H groups in total. The molecule has 24 heavy (non-hydrogen) atoms. The molecule has 1 aromatic heterocycles. The molecule has 0 aliphatic rings. The third kappa shape index (κ3) is 3.01. The summed E-state index contributed by atoms with van der Waals surface area (Å²) in [6.07, 6.45) is 1.08. The smallest absolute Gasteiger partial charge is 0.223 e. The van der Waals surface area contributed by atoms with Crippen molar-refractivity contribution < 1.29 is 12.8 Å². The second kappa shape index (κ2) is 5.94. The number of halogens is 1. The van der Waals surface area contributed by atoms with Crippen molar-refractivity contribution in [2.45, 2.75) is 24.9 Å². The highest BCUT2D eigenvalue weighted by molar-refractivity contribution is 7.90. The molecule has 0 unspecified atom stereocenters. The molecule has 3 rings (SSSR count). The Bertz CT molecular complexity index is 1030. The highest BCUT2D eigenvalue weighted by atomic mass is 32.2. The molecule has 3 aromatic rings. The molecule has 0 saturated heterocycles. The van der Waals surface area contributed by atoms with Gasteiger partial charge in [-0.25, -0.2) is 22.8 Å². The molecular weight excluding hydrogens is 327 g/mol. The Morgan fingerprint density at radius 1 is 1.00 bits per heavy atom. The lowest BCUT2D eigenvalue weighted by Crippen LogP contribution is -2.08. The SMILES string of the molecule is CC(C)c1cc(-c2ccc(F)c3ccccc23)nc(S(C)(=O)=O)n1. The van der Waals surface area contributed by atoms with Crippen LogP contribution in [0.5, 0.6) is 0 Å². The monoisotopic (exact) mass is 344 g/mol. The van der Waals surface area contributed by atoms with Crippen molar-refractivity contribution in [1.82, 2.24) is 9.97 Å². The van der Waals surface area contributed by atoms with Crippen molar-refractivity contribution >= 4 is 20.6 Å². The molecule has 1 heterocycles. The number of fused-ring (bicyclic) bond motifs is 1. The van der Waals surface area contributed by atoms with Gasteiger partial charge in [0.1, 0.15) is 5.82 Å². The van der Waals surface area contributed by atoms with Crippen molar-refractivity contribution in [1.29, 1.82) is 0 Å². The fourth-order valence-corrected chi connectivity index (χ4v) is 3.06. The van der Waals surface area contributed by atoms with Crippen molar-refractivity contribution in [2.24, 2.45) is 0 Å². The maximum Gasteiger partial charge on any atom is 0.247 e. The first kappa shape index (κ1) is 16.5. The van der Waals surface area contributed by atoms with Gasteiger partial charge in [0.05, 0.1) is 5.69 Å².